The monoisotopic (exact) mass is 402 g/mol. The van der Waals surface area contributed by atoms with E-state index in [1.165, 1.54) is 24.0 Å². The molecule has 1 aliphatic heterocycles. The van der Waals surface area contributed by atoms with Crippen molar-refractivity contribution in [1.29, 1.82) is 0 Å². The van der Waals surface area contributed by atoms with Crippen LogP contribution in [-0.2, 0) is 11.3 Å². The lowest BCUT2D eigenvalue weighted by Crippen LogP contribution is -2.43. The molecule has 30 heavy (non-hydrogen) atoms. The number of likely N-dealkylation sites (tertiary alicyclic amines) is 1. The highest BCUT2D eigenvalue weighted by Crippen LogP contribution is 2.15. The van der Waals surface area contributed by atoms with E-state index in [9.17, 15) is 9.59 Å². The number of hydrogen-bond donors (Lipinski definition) is 1. The summed E-state index contributed by atoms with van der Waals surface area (Å²) in [6.07, 6.45) is 6.21. The topological polar surface area (TPSA) is 62.6 Å². The lowest BCUT2D eigenvalue weighted by atomic mass is 10.0. The second-order valence-corrected chi connectivity index (χ2v) is 7.90. The summed E-state index contributed by atoms with van der Waals surface area (Å²) in [7, 11) is 0. The minimum absolute atomic E-state index is 0.127. The van der Waals surface area contributed by atoms with Crippen LogP contribution in [0.3, 0.4) is 0 Å². The first-order valence-electron chi connectivity index (χ1n) is 10.4. The molecular weight excluding hydrogens is 376 g/mol. The Morgan fingerprint density at radius 3 is 2.70 bits per heavy atom. The molecule has 154 valence electrons. The Kier molecular flexibility index (Phi) is 6.10. The van der Waals surface area contributed by atoms with Gasteiger partial charge in [-0.3, -0.25) is 14.5 Å². The van der Waals surface area contributed by atoms with Crippen molar-refractivity contribution >= 4 is 23.0 Å². The zero-order valence-corrected chi connectivity index (χ0v) is 17.1. The number of hydrogen-bond acceptors (Lipinski definition) is 4. The van der Waals surface area contributed by atoms with Crippen LogP contribution < -0.4 is 10.7 Å². The molecule has 0 bridgehead atoms. The van der Waals surface area contributed by atoms with Gasteiger partial charge in [-0.25, -0.2) is 0 Å². The van der Waals surface area contributed by atoms with Crippen LogP contribution in [0.5, 0.6) is 0 Å². The maximum absolute atomic E-state index is 12.6. The Bertz CT molecular complexity index is 1110. The first kappa shape index (κ1) is 20.1. The van der Waals surface area contributed by atoms with Gasteiger partial charge in [-0.2, -0.15) is 0 Å². The largest absolute Gasteiger partial charge is 0.463 e. The Labute approximate surface area is 176 Å². The van der Waals surface area contributed by atoms with Gasteiger partial charge >= 0.3 is 0 Å². The molecule has 1 aliphatic rings. The van der Waals surface area contributed by atoms with Crippen molar-refractivity contribution in [2.24, 2.45) is 0 Å². The minimum atomic E-state index is -0.180. The SMILES string of the molecule is Cc1ccc2occ(/C=C/C(=O)NC3CCN(Cc4ccccc4)CC3)c(=O)c2c1. The Morgan fingerprint density at radius 1 is 1.17 bits per heavy atom. The highest BCUT2D eigenvalue weighted by Gasteiger charge is 2.20. The van der Waals surface area contributed by atoms with Crippen LogP contribution in [0.4, 0.5) is 0 Å². The van der Waals surface area contributed by atoms with E-state index in [-0.39, 0.29) is 17.4 Å². The molecule has 2 aromatic carbocycles. The maximum Gasteiger partial charge on any atom is 0.244 e. The molecule has 1 saturated heterocycles. The third-order valence-corrected chi connectivity index (χ3v) is 5.55. The molecule has 1 amide bonds. The standard InChI is InChI=1S/C25H26N2O3/c1-18-7-9-23-22(15-18)25(29)20(17-30-23)8-10-24(28)26-21-11-13-27(14-12-21)16-19-5-3-2-4-6-19/h2-10,15,17,21H,11-14,16H2,1H3,(H,26,28)/b10-8+. The zero-order chi connectivity index (χ0) is 20.9. The molecule has 0 atom stereocenters. The first-order chi connectivity index (χ1) is 14.6. The Morgan fingerprint density at radius 2 is 1.93 bits per heavy atom. The molecule has 4 rings (SSSR count). The van der Waals surface area contributed by atoms with Gasteiger partial charge in [-0.15, -0.1) is 0 Å². The van der Waals surface area contributed by atoms with Gasteiger partial charge in [0.05, 0.1) is 10.9 Å². The molecule has 0 unspecified atom stereocenters. The summed E-state index contributed by atoms with van der Waals surface area (Å²) >= 11 is 0. The fraction of sp³-hybridized carbons (Fsp3) is 0.280. The molecule has 0 saturated carbocycles. The summed E-state index contributed by atoms with van der Waals surface area (Å²) in [5.41, 5.74) is 3.10. The Balaban J connectivity index is 1.32. The predicted octanol–water partition coefficient (Wildman–Crippen LogP) is 3.90. The van der Waals surface area contributed by atoms with Gasteiger partial charge in [-0.1, -0.05) is 42.0 Å². The Hall–Kier alpha value is -3.18. The molecule has 0 aliphatic carbocycles. The number of aryl methyl sites for hydroxylation is 1. The molecule has 5 heteroatoms. The third-order valence-electron chi connectivity index (χ3n) is 5.55. The van der Waals surface area contributed by atoms with E-state index < -0.39 is 0 Å². The molecule has 0 radical (unpaired) electrons. The van der Waals surface area contributed by atoms with Crippen molar-refractivity contribution in [2.45, 2.75) is 32.4 Å². The lowest BCUT2D eigenvalue weighted by molar-refractivity contribution is -0.117. The number of benzene rings is 2. The van der Waals surface area contributed by atoms with E-state index in [4.69, 9.17) is 4.42 Å². The summed E-state index contributed by atoms with van der Waals surface area (Å²) in [6, 6.07) is 16.1. The number of carbonyl (C=O) groups is 1. The van der Waals surface area contributed by atoms with Crippen molar-refractivity contribution in [3.05, 3.63) is 87.8 Å². The molecule has 1 fully saturated rings. The molecule has 5 nitrogen and oxygen atoms in total. The fourth-order valence-electron chi connectivity index (χ4n) is 3.87. The number of carbonyl (C=O) groups excluding carboxylic acids is 1. The van der Waals surface area contributed by atoms with Crippen molar-refractivity contribution < 1.29 is 9.21 Å². The van der Waals surface area contributed by atoms with Crippen molar-refractivity contribution in [1.82, 2.24) is 10.2 Å². The average molecular weight is 402 g/mol. The van der Waals surface area contributed by atoms with E-state index in [0.29, 0.717) is 16.5 Å². The summed E-state index contributed by atoms with van der Waals surface area (Å²) in [5.74, 6) is -0.180. The average Bonchev–Trinajstić information content (AvgIpc) is 2.76. The number of nitrogens with one attached hydrogen (secondary N) is 1. The van der Waals surface area contributed by atoms with Gasteiger partial charge in [0.25, 0.3) is 0 Å². The van der Waals surface area contributed by atoms with Crippen LogP contribution in [0.1, 0.15) is 29.5 Å². The molecule has 1 N–H and O–H groups in total. The first-order valence-corrected chi connectivity index (χ1v) is 10.4. The highest BCUT2D eigenvalue weighted by molar-refractivity contribution is 5.92. The van der Waals surface area contributed by atoms with Crippen molar-refractivity contribution in [3.8, 4) is 0 Å². The number of fused-ring (bicyclic) bond motifs is 1. The third kappa shape index (κ3) is 4.86. The van der Waals surface area contributed by atoms with Gasteiger partial charge in [0.15, 0.2) is 5.43 Å². The normalized spacial score (nSPS) is 15.6. The van der Waals surface area contributed by atoms with Crippen LogP contribution in [0, 0.1) is 6.92 Å². The summed E-state index contributed by atoms with van der Waals surface area (Å²) in [6.45, 7) is 4.78. The quantitative estimate of drug-likeness (QED) is 0.658. The van der Waals surface area contributed by atoms with Crippen molar-refractivity contribution in [3.63, 3.8) is 0 Å². The van der Waals surface area contributed by atoms with E-state index in [1.807, 2.05) is 25.1 Å². The lowest BCUT2D eigenvalue weighted by Gasteiger charge is -2.32. The molecule has 3 aromatic rings. The second-order valence-electron chi connectivity index (χ2n) is 7.90. The number of amides is 1. The van der Waals surface area contributed by atoms with Gasteiger partial charge in [0.2, 0.25) is 5.91 Å². The molecule has 1 aromatic heterocycles. The van der Waals surface area contributed by atoms with Crippen LogP contribution in [-0.4, -0.2) is 29.9 Å². The minimum Gasteiger partial charge on any atom is -0.463 e. The van der Waals surface area contributed by atoms with Gasteiger partial charge in [-0.05, 0) is 43.5 Å². The fourth-order valence-corrected chi connectivity index (χ4v) is 3.87. The summed E-state index contributed by atoms with van der Waals surface area (Å²) in [5, 5.41) is 3.59. The van der Waals surface area contributed by atoms with Gasteiger partial charge in [0.1, 0.15) is 11.8 Å². The number of piperidine rings is 1. The summed E-state index contributed by atoms with van der Waals surface area (Å²) in [4.78, 5) is 27.4. The van der Waals surface area contributed by atoms with Crippen LogP contribution in [0.2, 0.25) is 0 Å². The van der Waals surface area contributed by atoms with Crippen molar-refractivity contribution in [2.75, 3.05) is 13.1 Å². The van der Waals surface area contributed by atoms with Crippen LogP contribution in [0.25, 0.3) is 17.0 Å². The molecule has 0 spiro atoms. The molecule has 2 heterocycles. The second kappa shape index (κ2) is 9.09. The van der Waals surface area contributed by atoms with E-state index in [2.05, 4.69) is 34.5 Å². The number of nitrogens with zero attached hydrogens (tertiary/aromatic N) is 1. The maximum atomic E-state index is 12.6. The number of rotatable bonds is 5. The van der Waals surface area contributed by atoms with E-state index in [1.54, 1.807) is 6.07 Å². The molecular formula is C25H26N2O3. The highest BCUT2D eigenvalue weighted by atomic mass is 16.3. The van der Waals surface area contributed by atoms with E-state index in [0.717, 1.165) is 38.0 Å². The van der Waals surface area contributed by atoms with Gasteiger partial charge in [0, 0.05) is 31.8 Å². The van der Waals surface area contributed by atoms with Gasteiger partial charge < -0.3 is 9.73 Å². The van der Waals surface area contributed by atoms with Crippen LogP contribution >= 0.6 is 0 Å². The van der Waals surface area contributed by atoms with Crippen LogP contribution in [0.15, 0.2) is 70.1 Å². The summed E-state index contributed by atoms with van der Waals surface area (Å²) < 4.78 is 5.53. The smallest absolute Gasteiger partial charge is 0.244 e. The zero-order valence-electron chi connectivity index (χ0n) is 17.1. The van der Waals surface area contributed by atoms with E-state index >= 15 is 0 Å². The predicted molar refractivity (Wildman–Crippen MR) is 119 cm³/mol.